The van der Waals surface area contributed by atoms with Gasteiger partial charge >= 0.3 is 0 Å². The molecule has 1 N–H and O–H groups in total. The zero-order valence-electron chi connectivity index (χ0n) is 15.2. The monoisotopic (exact) mass is 338 g/mol. The number of fused-ring (bicyclic) bond motifs is 1. The average molecular weight is 338 g/mol. The van der Waals surface area contributed by atoms with Gasteiger partial charge in [-0.05, 0) is 62.3 Å². The van der Waals surface area contributed by atoms with E-state index < -0.39 is 5.60 Å². The SMILES string of the molecule is CC(CCCc1ccccc1)c1cc(O)c2c(c1)OC(C)(C)CC2=O. The number of ketones is 1. The van der Waals surface area contributed by atoms with Crippen molar-refractivity contribution in [2.75, 3.05) is 0 Å². The summed E-state index contributed by atoms with van der Waals surface area (Å²) < 4.78 is 5.95. The number of phenolic OH excluding ortho intramolecular Hbond substituents is 1. The van der Waals surface area contributed by atoms with E-state index in [9.17, 15) is 9.90 Å². The molecule has 1 aliphatic heterocycles. The number of aryl methyl sites for hydroxylation is 1. The number of Topliss-reactive ketones (excluding diaryl/α,β-unsaturated/α-hetero) is 1. The molecule has 0 aromatic heterocycles. The maximum atomic E-state index is 12.3. The van der Waals surface area contributed by atoms with Crippen LogP contribution in [0.15, 0.2) is 42.5 Å². The lowest BCUT2D eigenvalue weighted by molar-refractivity contribution is 0.0613. The average Bonchev–Trinajstić information content (AvgIpc) is 2.53. The second-order valence-electron chi connectivity index (χ2n) is 7.65. The quantitative estimate of drug-likeness (QED) is 0.808. The van der Waals surface area contributed by atoms with Crippen molar-refractivity contribution < 1.29 is 14.6 Å². The summed E-state index contributed by atoms with van der Waals surface area (Å²) in [5.41, 5.74) is 2.18. The normalized spacial score (nSPS) is 16.8. The van der Waals surface area contributed by atoms with Crippen LogP contribution >= 0.6 is 0 Å². The number of rotatable bonds is 5. The van der Waals surface area contributed by atoms with Gasteiger partial charge in [-0.1, -0.05) is 37.3 Å². The van der Waals surface area contributed by atoms with Gasteiger partial charge in [0.2, 0.25) is 0 Å². The molecule has 0 saturated carbocycles. The zero-order chi connectivity index (χ0) is 18.0. The fraction of sp³-hybridized carbons (Fsp3) is 0.409. The summed E-state index contributed by atoms with van der Waals surface area (Å²) in [6, 6.07) is 14.1. The Hall–Kier alpha value is -2.29. The minimum absolute atomic E-state index is 0.0444. The Morgan fingerprint density at radius 2 is 1.92 bits per heavy atom. The molecule has 3 heteroatoms. The molecule has 2 aromatic rings. The topological polar surface area (TPSA) is 46.5 Å². The fourth-order valence-electron chi connectivity index (χ4n) is 3.50. The van der Waals surface area contributed by atoms with Crippen molar-refractivity contribution in [3.05, 3.63) is 59.2 Å². The van der Waals surface area contributed by atoms with Crippen LogP contribution in [0.25, 0.3) is 0 Å². The van der Waals surface area contributed by atoms with E-state index in [2.05, 4.69) is 31.2 Å². The van der Waals surface area contributed by atoms with Crippen molar-refractivity contribution in [3.8, 4) is 11.5 Å². The molecule has 1 heterocycles. The molecular formula is C22H26O3. The highest BCUT2D eigenvalue weighted by molar-refractivity contribution is 6.02. The molecule has 0 saturated heterocycles. The first-order chi connectivity index (χ1) is 11.9. The first kappa shape index (κ1) is 17.5. The van der Waals surface area contributed by atoms with E-state index in [0.29, 0.717) is 23.7 Å². The van der Waals surface area contributed by atoms with Crippen LogP contribution in [0.1, 0.15) is 67.4 Å². The second kappa shape index (κ2) is 6.91. The second-order valence-corrected chi connectivity index (χ2v) is 7.65. The predicted octanol–water partition coefficient (Wildman–Crippen LogP) is 5.26. The third-order valence-corrected chi connectivity index (χ3v) is 4.87. The molecule has 3 rings (SSSR count). The van der Waals surface area contributed by atoms with Gasteiger partial charge in [-0.25, -0.2) is 0 Å². The standard InChI is InChI=1S/C22H26O3/c1-15(8-7-11-16-9-5-4-6-10-16)17-12-18(23)21-19(24)14-22(2,3)25-20(21)13-17/h4-6,9-10,12-13,15,23H,7-8,11,14H2,1-3H3. The highest BCUT2D eigenvalue weighted by Gasteiger charge is 2.34. The molecular weight excluding hydrogens is 312 g/mol. The van der Waals surface area contributed by atoms with Gasteiger partial charge in [-0.15, -0.1) is 0 Å². The van der Waals surface area contributed by atoms with Gasteiger partial charge in [0.25, 0.3) is 0 Å². The largest absolute Gasteiger partial charge is 0.507 e. The lowest BCUT2D eigenvalue weighted by atomic mass is 9.88. The Balaban J connectivity index is 1.72. The highest BCUT2D eigenvalue weighted by atomic mass is 16.5. The first-order valence-corrected chi connectivity index (χ1v) is 8.99. The van der Waals surface area contributed by atoms with E-state index >= 15 is 0 Å². The van der Waals surface area contributed by atoms with Crippen LogP contribution in [0.2, 0.25) is 0 Å². The van der Waals surface area contributed by atoms with Crippen molar-refractivity contribution in [3.63, 3.8) is 0 Å². The molecule has 0 bridgehead atoms. The summed E-state index contributed by atoms with van der Waals surface area (Å²) >= 11 is 0. The molecule has 0 aliphatic carbocycles. The third-order valence-electron chi connectivity index (χ3n) is 4.87. The van der Waals surface area contributed by atoms with Crippen LogP contribution in [0.5, 0.6) is 11.5 Å². The van der Waals surface area contributed by atoms with E-state index in [-0.39, 0.29) is 11.5 Å². The predicted molar refractivity (Wildman–Crippen MR) is 99.6 cm³/mol. The number of carbonyl (C=O) groups excluding carboxylic acids is 1. The van der Waals surface area contributed by atoms with Gasteiger partial charge in [-0.2, -0.15) is 0 Å². The van der Waals surface area contributed by atoms with Gasteiger partial charge in [0.15, 0.2) is 5.78 Å². The van der Waals surface area contributed by atoms with E-state index in [1.807, 2.05) is 26.0 Å². The molecule has 1 aliphatic rings. The lowest BCUT2D eigenvalue weighted by Gasteiger charge is -2.32. The van der Waals surface area contributed by atoms with E-state index in [1.165, 1.54) is 5.56 Å². The number of hydrogen-bond acceptors (Lipinski definition) is 3. The lowest BCUT2D eigenvalue weighted by Crippen LogP contribution is -2.36. The van der Waals surface area contributed by atoms with E-state index in [0.717, 1.165) is 24.8 Å². The summed E-state index contributed by atoms with van der Waals surface area (Å²) in [6.45, 7) is 5.96. The molecule has 0 radical (unpaired) electrons. The third kappa shape index (κ3) is 4.04. The van der Waals surface area contributed by atoms with E-state index in [4.69, 9.17) is 4.74 Å². The van der Waals surface area contributed by atoms with Crippen molar-refractivity contribution in [1.29, 1.82) is 0 Å². The number of ether oxygens (including phenoxy) is 1. The minimum atomic E-state index is -0.522. The fourth-order valence-corrected chi connectivity index (χ4v) is 3.50. The van der Waals surface area contributed by atoms with E-state index in [1.54, 1.807) is 6.07 Å². The molecule has 25 heavy (non-hydrogen) atoms. The molecule has 1 atom stereocenters. The smallest absolute Gasteiger partial charge is 0.174 e. The maximum absolute atomic E-state index is 12.3. The summed E-state index contributed by atoms with van der Waals surface area (Å²) in [5, 5.41) is 10.3. The highest BCUT2D eigenvalue weighted by Crippen LogP contribution is 2.40. The minimum Gasteiger partial charge on any atom is -0.507 e. The Bertz CT molecular complexity index is 762. The summed E-state index contributed by atoms with van der Waals surface area (Å²) in [7, 11) is 0. The number of hydrogen-bond donors (Lipinski definition) is 1. The molecule has 0 spiro atoms. The zero-order valence-corrected chi connectivity index (χ0v) is 15.2. The van der Waals surface area contributed by atoms with Gasteiger partial charge in [-0.3, -0.25) is 4.79 Å². The Morgan fingerprint density at radius 3 is 2.64 bits per heavy atom. The maximum Gasteiger partial charge on any atom is 0.174 e. The van der Waals surface area contributed by atoms with Crippen molar-refractivity contribution in [1.82, 2.24) is 0 Å². The summed E-state index contributed by atoms with van der Waals surface area (Å²) in [4.78, 5) is 12.3. The number of phenols is 1. The Labute approximate surface area is 149 Å². The summed E-state index contributed by atoms with van der Waals surface area (Å²) in [5.74, 6) is 0.810. The number of carbonyl (C=O) groups is 1. The van der Waals surface area contributed by atoms with Crippen LogP contribution in [0.3, 0.4) is 0 Å². The molecule has 0 fully saturated rings. The van der Waals surface area contributed by atoms with Crippen LogP contribution in [-0.4, -0.2) is 16.5 Å². The summed E-state index contributed by atoms with van der Waals surface area (Å²) in [6.07, 6.45) is 3.43. The van der Waals surface area contributed by atoms with Crippen LogP contribution < -0.4 is 4.74 Å². The van der Waals surface area contributed by atoms with Gasteiger partial charge in [0.05, 0.1) is 6.42 Å². The molecule has 0 amide bonds. The molecule has 132 valence electrons. The van der Waals surface area contributed by atoms with Crippen LogP contribution in [0, 0.1) is 0 Å². The van der Waals surface area contributed by atoms with Gasteiger partial charge < -0.3 is 9.84 Å². The molecule has 1 unspecified atom stereocenters. The Morgan fingerprint density at radius 1 is 1.20 bits per heavy atom. The molecule has 3 nitrogen and oxygen atoms in total. The van der Waals surface area contributed by atoms with Crippen molar-refractivity contribution in [2.24, 2.45) is 0 Å². The number of benzene rings is 2. The van der Waals surface area contributed by atoms with Crippen LogP contribution in [0.4, 0.5) is 0 Å². The first-order valence-electron chi connectivity index (χ1n) is 8.99. The van der Waals surface area contributed by atoms with Crippen molar-refractivity contribution >= 4 is 5.78 Å². The van der Waals surface area contributed by atoms with Crippen molar-refractivity contribution in [2.45, 2.75) is 58.0 Å². The Kier molecular flexibility index (Phi) is 4.85. The van der Waals surface area contributed by atoms with Gasteiger partial charge in [0.1, 0.15) is 22.7 Å². The van der Waals surface area contributed by atoms with Crippen LogP contribution in [-0.2, 0) is 6.42 Å². The molecule has 2 aromatic carbocycles. The van der Waals surface area contributed by atoms with Gasteiger partial charge in [0, 0.05) is 0 Å². The number of aromatic hydroxyl groups is 1.